The van der Waals surface area contributed by atoms with Crippen molar-refractivity contribution in [2.24, 2.45) is 5.73 Å². The number of nitrogens with two attached hydrogens (primary N) is 1. The van der Waals surface area contributed by atoms with Crippen LogP contribution in [0.5, 0.6) is 0 Å². The van der Waals surface area contributed by atoms with E-state index in [4.69, 9.17) is 15.6 Å². The average Bonchev–Trinajstić information content (AvgIpc) is 3.22. The van der Waals surface area contributed by atoms with E-state index in [1.807, 2.05) is 31.2 Å². The normalized spacial score (nSPS) is 12.5. The van der Waals surface area contributed by atoms with Crippen molar-refractivity contribution >= 4 is 11.9 Å². The van der Waals surface area contributed by atoms with E-state index in [-0.39, 0.29) is 11.9 Å². The highest BCUT2D eigenvalue weighted by Gasteiger charge is 2.29. The number of esters is 1. The van der Waals surface area contributed by atoms with Crippen LogP contribution in [0.4, 0.5) is 0 Å². The SMILES string of the molecule is C[C@H](N)C(=O)O.Cc1ccccc1-c1cccc(C(=O)OCC2c3ccccc3-c3ccccc32)c1C. The van der Waals surface area contributed by atoms with Gasteiger partial charge in [-0.25, -0.2) is 4.79 Å². The third-order valence-corrected chi connectivity index (χ3v) is 6.72. The smallest absolute Gasteiger partial charge is 0.338 e. The van der Waals surface area contributed by atoms with Crippen molar-refractivity contribution in [1.29, 1.82) is 0 Å². The van der Waals surface area contributed by atoms with Crippen LogP contribution in [0, 0.1) is 13.8 Å². The number of carboxylic acids is 1. The van der Waals surface area contributed by atoms with Crippen molar-refractivity contribution < 1.29 is 19.4 Å². The third-order valence-electron chi connectivity index (χ3n) is 6.72. The molecule has 0 bridgehead atoms. The highest BCUT2D eigenvalue weighted by molar-refractivity contribution is 5.94. The number of hydrogen-bond acceptors (Lipinski definition) is 4. The first kappa shape index (κ1) is 25.9. The fourth-order valence-electron chi connectivity index (χ4n) is 4.70. The summed E-state index contributed by atoms with van der Waals surface area (Å²) in [6, 6.07) is 30.2. The van der Waals surface area contributed by atoms with E-state index in [2.05, 4.69) is 73.7 Å². The number of hydrogen-bond donors (Lipinski definition) is 2. The minimum Gasteiger partial charge on any atom is -0.480 e. The summed E-state index contributed by atoms with van der Waals surface area (Å²) in [5.41, 5.74) is 14.7. The number of carbonyl (C=O) groups excluding carboxylic acids is 1. The first-order valence-corrected chi connectivity index (χ1v) is 12.3. The topological polar surface area (TPSA) is 89.6 Å². The highest BCUT2D eigenvalue weighted by Crippen LogP contribution is 2.44. The second-order valence-electron chi connectivity index (χ2n) is 9.25. The lowest BCUT2D eigenvalue weighted by Crippen LogP contribution is -2.25. The number of aryl methyl sites for hydroxylation is 1. The van der Waals surface area contributed by atoms with Gasteiger partial charge in [-0.15, -0.1) is 0 Å². The number of aliphatic carboxylic acids is 1. The van der Waals surface area contributed by atoms with Gasteiger partial charge in [-0.3, -0.25) is 4.79 Å². The van der Waals surface area contributed by atoms with Gasteiger partial charge in [0.05, 0.1) is 5.56 Å². The van der Waals surface area contributed by atoms with Gasteiger partial charge in [0.1, 0.15) is 12.6 Å². The molecule has 0 spiro atoms. The molecule has 1 atom stereocenters. The maximum absolute atomic E-state index is 13.1. The molecule has 4 aromatic carbocycles. The summed E-state index contributed by atoms with van der Waals surface area (Å²) < 4.78 is 5.89. The largest absolute Gasteiger partial charge is 0.480 e. The van der Waals surface area contributed by atoms with E-state index in [1.54, 1.807) is 0 Å². The van der Waals surface area contributed by atoms with Crippen LogP contribution in [0.3, 0.4) is 0 Å². The maximum Gasteiger partial charge on any atom is 0.338 e. The third kappa shape index (κ3) is 5.47. The number of fused-ring (bicyclic) bond motifs is 3. The molecule has 5 heteroatoms. The Bertz CT molecular complexity index is 1390. The Morgan fingerprint density at radius 1 is 0.784 bits per heavy atom. The Kier molecular flexibility index (Phi) is 7.85. The van der Waals surface area contributed by atoms with Crippen molar-refractivity contribution in [2.45, 2.75) is 32.7 Å². The summed E-state index contributed by atoms with van der Waals surface area (Å²) in [6.07, 6.45) is 0. The van der Waals surface area contributed by atoms with E-state index in [9.17, 15) is 9.59 Å². The first-order valence-electron chi connectivity index (χ1n) is 12.3. The molecule has 0 saturated carbocycles. The van der Waals surface area contributed by atoms with Crippen molar-refractivity contribution in [1.82, 2.24) is 0 Å². The zero-order chi connectivity index (χ0) is 26.5. The zero-order valence-electron chi connectivity index (χ0n) is 21.3. The van der Waals surface area contributed by atoms with Crippen molar-refractivity contribution in [3.8, 4) is 22.3 Å². The Labute approximate surface area is 217 Å². The molecule has 3 N–H and O–H groups in total. The van der Waals surface area contributed by atoms with Crippen LogP contribution < -0.4 is 5.73 Å². The molecule has 0 unspecified atom stereocenters. The molecular weight excluding hydrogens is 462 g/mol. The Balaban J connectivity index is 0.000000480. The average molecular weight is 494 g/mol. The number of ether oxygens (including phenoxy) is 1. The molecule has 5 nitrogen and oxygen atoms in total. The van der Waals surface area contributed by atoms with Crippen LogP contribution in [0.1, 0.15) is 45.5 Å². The Morgan fingerprint density at radius 3 is 1.81 bits per heavy atom. The van der Waals surface area contributed by atoms with E-state index in [0.717, 1.165) is 16.7 Å². The molecule has 0 radical (unpaired) electrons. The quantitative estimate of drug-likeness (QED) is 0.316. The molecule has 0 aliphatic heterocycles. The van der Waals surface area contributed by atoms with Gasteiger partial charge in [-0.1, -0.05) is 84.9 Å². The van der Waals surface area contributed by atoms with Gasteiger partial charge in [0.25, 0.3) is 0 Å². The predicted molar refractivity (Wildman–Crippen MR) is 147 cm³/mol. The molecule has 1 aliphatic carbocycles. The molecule has 0 aromatic heterocycles. The Morgan fingerprint density at radius 2 is 1.27 bits per heavy atom. The molecule has 0 fully saturated rings. The van der Waals surface area contributed by atoms with Crippen LogP contribution in [0.15, 0.2) is 91.0 Å². The molecule has 1 aliphatic rings. The minimum absolute atomic E-state index is 0.0659. The predicted octanol–water partition coefficient (Wildman–Crippen LogP) is 6.36. The van der Waals surface area contributed by atoms with E-state index in [0.29, 0.717) is 12.2 Å². The van der Waals surface area contributed by atoms with Crippen LogP contribution in [0.2, 0.25) is 0 Å². The van der Waals surface area contributed by atoms with Crippen LogP contribution in [0.25, 0.3) is 22.3 Å². The molecule has 0 amide bonds. The summed E-state index contributed by atoms with van der Waals surface area (Å²) in [6.45, 7) is 5.84. The molecule has 37 heavy (non-hydrogen) atoms. The summed E-state index contributed by atoms with van der Waals surface area (Å²) >= 11 is 0. The molecule has 0 saturated heterocycles. The van der Waals surface area contributed by atoms with Gasteiger partial charge in [0, 0.05) is 5.92 Å². The lowest BCUT2D eigenvalue weighted by atomic mass is 9.93. The molecule has 0 heterocycles. The standard InChI is InChI=1S/C29H24O2.C3H7NO2/c1-19-10-3-4-11-21(19)22-16-9-17-23(20(22)2)29(30)31-18-28-26-14-7-5-12-24(26)25-13-6-8-15-27(25)28;1-2(4)3(5)6/h3-17,28H,18H2,1-2H3;2H,4H2,1H3,(H,5,6)/t;2-/m.0/s1. The van der Waals surface area contributed by atoms with Gasteiger partial charge >= 0.3 is 11.9 Å². The summed E-state index contributed by atoms with van der Waals surface area (Å²) in [5.74, 6) is -1.17. The Hall–Kier alpha value is -4.22. The second kappa shape index (κ2) is 11.2. The monoisotopic (exact) mass is 493 g/mol. The first-order chi connectivity index (χ1) is 17.8. The number of carbonyl (C=O) groups is 2. The minimum atomic E-state index is -0.963. The highest BCUT2D eigenvalue weighted by atomic mass is 16.5. The number of carboxylic acid groups (broad SMARTS) is 1. The van der Waals surface area contributed by atoms with Crippen LogP contribution >= 0.6 is 0 Å². The number of benzene rings is 4. The zero-order valence-corrected chi connectivity index (χ0v) is 21.3. The van der Waals surface area contributed by atoms with E-state index >= 15 is 0 Å². The summed E-state index contributed by atoms with van der Waals surface area (Å²) in [5, 5.41) is 7.87. The van der Waals surface area contributed by atoms with Gasteiger partial charge in [0.2, 0.25) is 0 Å². The molecule has 188 valence electrons. The van der Waals surface area contributed by atoms with E-state index in [1.165, 1.54) is 34.7 Å². The van der Waals surface area contributed by atoms with Gasteiger partial charge < -0.3 is 15.6 Å². The van der Waals surface area contributed by atoms with Gasteiger partial charge in [-0.2, -0.15) is 0 Å². The van der Waals surface area contributed by atoms with Crippen LogP contribution in [-0.2, 0) is 9.53 Å². The van der Waals surface area contributed by atoms with Crippen molar-refractivity contribution in [3.05, 3.63) is 119 Å². The fourth-order valence-corrected chi connectivity index (χ4v) is 4.70. The molecule has 4 aromatic rings. The van der Waals surface area contributed by atoms with Gasteiger partial charge in [-0.05, 0) is 71.3 Å². The van der Waals surface area contributed by atoms with E-state index < -0.39 is 12.0 Å². The van der Waals surface area contributed by atoms with Gasteiger partial charge in [0.15, 0.2) is 0 Å². The maximum atomic E-state index is 13.1. The summed E-state index contributed by atoms with van der Waals surface area (Å²) in [4.78, 5) is 22.7. The summed E-state index contributed by atoms with van der Waals surface area (Å²) in [7, 11) is 0. The molecule has 5 rings (SSSR count). The molecular formula is C32H31NO4. The number of rotatable bonds is 5. The lowest BCUT2D eigenvalue weighted by Gasteiger charge is -2.16. The second-order valence-corrected chi connectivity index (χ2v) is 9.25. The lowest BCUT2D eigenvalue weighted by molar-refractivity contribution is -0.138. The fraction of sp³-hybridized carbons (Fsp3) is 0.188. The van der Waals surface area contributed by atoms with Crippen molar-refractivity contribution in [2.75, 3.05) is 6.61 Å². The van der Waals surface area contributed by atoms with Crippen LogP contribution in [-0.4, -0.2) is 29.7 Å². The van der Waals surface area contributed by atoms with Crippen molar-refractivity contribution in [3.63, 3.8) is 0 Å².